The van der Waals surface area contributed by atoms with E-state index in [9.17, 15) is 5.11 Å². The van der Waals surface area contributed by atoms with Gasteiger partial charge in [-0.3, -0.25) is 0 Å². The number of halogens is 1. The van der Waals surface area contributed by atoms with E-state index >= 15 is 0 Å². The van der Waals surface area contributed by atoms with Crippen LogP contribution in [0, 0.1) is 5.92 Å². The minimum atomic E-state index is -0.471. The lowest BCUT2D eigenvalue weighted by atomic mass is 10.1. The van der Waals surface area contributed by atoms with Gasteiger partial charge in [-0.2, -0.15) is 15.0 Å². The SMILES string of the molecule is COc1nc(Cl)nc(NCC(O)C(C)C)n1. The Balaban J connectivity index is 2.63. The highest BCUT2D eigenvalue weighted by atomic mass is 35.5. The van der Waals surface area contributed by atoms with Gasteiger partial charge in [0.15, 0.2) is 0 Å². The Morgan fingerprint density at radius 2 is 2.06 bits per heavy atom. The number of hydrogen-bond acceptors (Lipinski definition) is 6. The number of nitrogens with one attached hydrogen (secondary N) is 1. The highest BCUT2D eigenvalue weighted by Gasteiger charge is 2.10. The van der Waals surface area contributed by atoms with Gasteiger partial charge >= 0.3 is 6.01 Å². The maximum Gasteiger partial charge on any atom is 0.322 e. The lowest BCUT2D eigenvalue weighted by Gasteiger charge is -2.14. The zero-order valence-corrected chi connectivity index (χ0v) is 10.2. The summed E-state index contributed by atoms with van der Waals surface area (Å²) in [6, 6.07) is 0.140. The van der Waals surface area contributed by atoms with Crippen LogP contribution in [0.2, 0.25) is 5.28 Å². The number of hydrogen-bond donors (Lipinski definition) is 2. The van der Waals surface area contributed by atoms with Crippen molar-refractivity contribution in [3.05, 3.63) is 5.28 Å². The summed E-state index contributed by atoms with van der Waals surface area (Å²) in [4.78, 5) is 11.5. The lowest BCUT2D eigenvalue weighted by molar-refractivity contribution is 0.137. The van der Waals surface area contributed by atoms with Crippen molar-refractivity contribution in [2.24, 2.45) is 5.92 Å². The molecule has 1 aromatic rings. The van der Waals surface area contributed by atoms with Crippen LogP contribution in [0.15, 0.2) is 0 Å². The first kappa shape index (κ1) is 12.9. The normalized spacial score (nSPS) is 12.6. The highest BCUT2D eigenvalue weighted by molar-refractivity contribution is 6.28. The van der Waals surface area contributed by atoms with Gasteiger partial charge in [-0.1, -0.05) is 13.8 Å². The molecule has 0 saturated heterocycles. The van der Waals surface area contributed by atoms with E-state index in [-0.39, 0.29) is 23.2 Å². The summed E-state index contributed by atoms with van der Waals surface area (Å²) < 4.78 is 4.84. The number of anilines is 1. The second-order valence-corrected chi connectivity index (χ2v) is 3.95. The standard InChI is InChI=1S/C9H15ClN4O2/c1-5(2)6(15)4-11-8-12-7(10)13-9(14-8)16-3/h5-6,15H,4H2,1-3H3,(H,11,12,13,14). The Kier molecular flexibility index (Phi) is 4.70. The Bertz CT molecular complexity index is 348. The summed E-state index contributed by atoms with van der Waals surface area (Å²) in [7, 11) is 1.44. The van der Waals surface area contributed by atoms with Gasteiger partial charge in [-0.05, 0) is 17.5 Å². The molecule has 2 N–H and O–H groups in total. The molecule has 0 radical (unpaired) electrons. The second kappa shape index (κ2) is 5.81. The second-order valence-electron chi connectivity index (χ2n) is 3.61. The average Bonchev–Trinajstić information content (AvgIpc) is 2.24. The Labute approximate surface area is 99.0 Å². The van der Waals surface area contributed by atoms with Gasteiger partial charge in [0.05, 0.1) is 13.2 Å². The van der Waals surface area contributed by atoms with Gasteiger partial charge in [0.25, 0.3) is 0 Å². The van der Waals surface area contributed by atoms with Gasteiger partial charge in [0.2, 0.25) is 11.2 Å². The largest absolute Gasteiger partial charge is 0.467 e. The van der Waals surface area contributed by atoms with Crippen LogP contribution in [-0.4, -0.2) is 39.8 Å². The Hall–Kier alpha value is -1.14. The molecular weight excluding hydrogens is 232 g/mol. The molecule has 0 fully saturated rings. The number of aliphatic hydroxyl groups is 1. The van der Waals surface area contributed by atoms with Gasteiger partial charge in [-0.15, -0.1) is 0 Å². The minimum Gasteiger partial charge on any atom is -0.467 e. The summed E-state index contributed by atoms with van der Waals surface area (Å²) in [5.41, 5.74) is 0. The fourth-order valence-corrected chi connectivity index (χ4v) is 1.09. The number of rotatable bonds is 5. The first-order chi connectivity index (χ1) is 7.52. The van der Waals surface area contributed by atoms with E-state index in [1.54, 1.807) is 0 Å². The number of aliphatic hydroxyl groups excluding tert-OH is 1. The lowest BCUT2D eigenvalue weighted by Crippen LogP contribution is -2.25. The molecule has 0 aliphatic carbocycles. The molecule has 0 saturated carbocycles. The number of methoxy groups -OCH3 is 1. The third kappa shape index (κ3) is 3.79. The molecule has 0 aliphatic heterocycles. The smallest absolute Gasteiger partial charge is 0.322 e. The molecule has 0 aromatic carbocycles. The maximum absolute atomic E-state index is 9.59. The molecule has 1 aromatic heterocycles. The summed E-state index contributed by atoms with van der Waals surface area (Å²) in [5.74, 6) is 0.447. The van der Waals surface area contributed by atoms with Crippen LogP contribution in [0.1, 0.15) is 13.8 Å². The van der Waals surface area contributed by atoms with Crippen molar-refractivity contribution in [2.45, 2.75) is 20.0 Å². The predicted molar refractivity (Wildman–Crippen MR) is 60.7 cm³/mol. The van der Waals surface area contributed by atoms with Gasteiger partial charge in [0.1, 0.15) is 0 Å². The molecule has 1 rings (SSSR count). The zero-order chi connectivity index (χ0) is 12.1. The molecule has 0 amide bonds. The Morgan fingerprint density at radius 3 is 2.62 bits per heavy atom. The third-order valence-corrected chi connectivity index (χ3v) is 2.18. The molecule has 0 bridgehead atoms. The highest BCUT2D eigenvalue weighted by Crippen LogP contribution is 2.11. The van der Waals surface area contributed by atoms with Crippen molar-refractivity contribution >= 4 is 17.5 Å². The van der Waals surface area contributed by atoms with Crippen LogP contribution >= 0.6 is 11.6 Å². The fourth-order valence-electron chi connectivity index (χ4n) is 0.934. The third-order valence-electron chi connectivity index (χ3n) is 2.01. The van der Waals surface area contributed by atoms with E-state index in [2.05, 4.69) is 20.3 Å². The van der Waals surface area contributed by atoms with E-state index in [1.165, 1.54) is 7.11 Å². The van der Waals surface area contributed by atoms with Crippen LogP contribution in [0.3, 0.4) is 0 Å². The summed E-state index contributed by atoms with van der Waals surface area (Å²) in [6.07, 6.45) is -0.471. The molecule has 0 aliphatic rings. The van der Waals surface area contributed by atoms with Gasteiger partial charge in [-0.25, -0.2) is 0 Å². The number of aromatic nitrogens is 3. The molecule has 1 unspecified atom stereocenters. The molecule has 90 valence electrons. The van der Waals surface area contributed by atoms with Crippen molar-refractivity contribution in [3.63, 3.8) is 0 Å². The van der Waals surface area contributed by atoms with Crippen LogP contribution < -0.4 is 10.1 Å². The van der Waals surface area contributed by atoms with Crippen molar-refractivity contribution in [2.75, 3.05) is 19.0 Å². The minimum absolute atomic E-state index is 0.0494. The van der Waals surface area contributed by atoms with Crippen molar-refractivity contribution in [1.82, 2.24) is 15.0 Å². The summed E-state index contributed by atoms with van der Waals surface area (Å²) in [6.45, 7) is 4.20. The van der Waals surface area contributed by atoms with Crippen LogP contribution in [0.25, 0.3) is 0 Å². The van der Waals surface area contributed by atoms with Crippen molar-refractivity contribution in [3.8, 4) is 6.01 Å². The van der Waals surface area contributed by atoms with E-state index in [0.29, 0.717) is 6.54 Å². The number of ether oxygens (including phenoxy) is 1. The summed E-state index contributed by atoms with van der Waals surface area (Å²) in [5, 5.41) is 12.5. The van der Waals surface area contributed by atoms with Crippen molar-refractivity contribution in [1.29, 1.82) is 0 Å². The van der Waals surface area contributed by atoms with E-state index in [4.69, 9.17) is 16.3 Å². The molecule has 7 heteroatoms. The molecule has 0 spiro atoms. The van der Waals surface area contributed by atoms with Gasteiger partial charge in [0, 0.05) is 6.54 Å². The molecule has 6 nitrogen and oxygen atoms in total. The maximum atomic E-state index is 9.59. The average molecular weight is 247 g/mol. The van der Waals surface area contributed by atoms with Crippen LogP contribution in [0.4, 0.5) is 5.95 Å². The molecular formula is C9H15ClN4O2. The quantitative estimate of drug-likeness (QED) is 0.806. The summed E-state index contributed by atoms with van der Waals surface area (Å²) >= 11 is 5.66. The topological polar surface area (TPSA) is 80.2 Å². The first-order valence-electron chi connectivity index (χ1n) is 4.90. The molecule has 1 heterocycles. The fraction of sp³-hybridized carbons (Fsp3) is 0.667. The van der Waals surface area contributed by atoms with E-state index in [0.717, 1.165) is 0 Å². The van der Waals surface area contributed by atoms with Crippen molar-refractivity contribution < 1.29 is 9.84 Å². The number of nitrogens with zero attached hydrogens (tertiary/aromatic N) is 3. The van der Waals surface area contributed by atoms with E-state index in [1.807, 2.05) is 13.8 Å². The van der Waals surface area contributed by atoms with Crippen LogP contribution in [-0.2, 0) is 0 Å². The predicted octanol–water partition coefficient (Wildman–Crippen LogP) is 0.962. The monoisotopic (exact) mass is 246 g/mol. The Morgan fingerprint density at radius 1 is 1.38 bits per heavy atom. The first-order valence-corrected chi connectivity index (χ1v) is 5.28. The van der Waals surface area contributed by atoms with E-state index < -0.39 is 6.10 Å². The van der Waals surface area contributed by atoms with Crippen LogP contribution in [0.5, 0.6) is 6.01 Å². The van der Waals surface area contributed by atoms with Gasteiger partial charge < -0.3 is 15.2 Å². The zero-order valence-electron chi connectivity index (χ0n) is 9.44. The molecule has 16 heavy (non-hydrogen) atoms. The molecule has 1 atom stereocenters.